The molecular weight excluding hydrogens is 312 g/mol. The first kappa shape index (κ1) is 15.7. The zero-order chi connectivity index (χ0) is 16.4. The third kappa shape index (κ3) is 3.96. The molecule has 0 saturated heterocycles. The third-order valence-electron chi connectivity index (χ3n) is 3.59. The van der Waals surface area contributed by atoms with Crippen LogP contribution in [0.1, 0.15) is 35.8 Å². The molecule has 1 aromatic heterocycles. The number of carbonyl (C=O) groups is 2. The molecule has 120 valence electrons. The van der Waals surface area contributed by atoms with Gasteiger partial charge in [-0.15, -0.1) is 11.3 Å². The molecule has 1 aliphatic rings. The number of nitrogens with zero attached hydrogens (tertiary/aromatic N) is 1. The Morgan fingerprint density at radius 2 is 2.00 bits per heavy atom. The van der Waals surface area contributed by atoms with Gasteiger partial charge in [0.1, 0.15) is 5.01 Å². The van der Waals surface area contributed by atoms with E-state index in [1.54, 1.807) is 12.3 Å². The summed E-state index contributed by atoms with van der Waals surface area (Å²) in [5, 5.41) is 5.23. The first-order valence-electron chi connectivity index (χ1n) is 7.57. The number of amides is 1. The van der Waals surface area contributed by atoms with Crippen LogP contribution in [0.15, 0.2) is 29.6 Å². The Morgan fingerprint density at radius 1 is 1.30 bits per heavy atom. The lowest BCUT2D eigenvalue weighted by Gasteiger charge is -2.12. The monoisotopic (exact) mass is 330 g/mol. The largest absolute Gasteiger partial charge is 0.448 e. The average Bonchev–Trinajstić information content (AvgIpc) is 3.20. The number of carbonyl (C=O) groups excluding carboxylic acids is 2. The van der Waals surface area contributed by atoms with Crippen LogP contribution in [0.25, 0.3) is 10.6 Å². The summed E-state index contributed by atoms with van der Waals surface area (Å²) in [5.41, 5.74) is 2.36. The van der Waals surface area contributed by atoms with Crippen LogP contribution in [0.5, 0.6) is 0 Å². The highest BCUT2D eigenvalue weighted by Crippen LogP contribution is 2.24. The molecule has 1 fully saturated rings. The average molecular weight is 330 g/mol. The Morgan fingerprint density at radius 3 is 2.65 bits per heavy atom. The van der Waals surface area contributed by atoms with Crippen LogP contribution in [0.4, 0.5) is 0 Å². The van der Waals surface area contributed by atoms with Crippen LogP contribution >= 0.6 is 11.3 Å². The zero-order valence-electron chi connectivity index (χ0n) is 13.0. The van der Waals surface area contributed by atoms with E-state index in [0.717, 1.165) is 23.4 Å². The van der Waals surface area contributed by atoms with Crippen LogP contribution in [0.2, 0.25) is 0 Å². The second-order valence-electron chi connectivity index (χ2n) is 5.73. The number of ether oxygens (including phenoxy) is 1. The number of rotatable bonds is 5. The van der Waals surface area contributed by atoms with Crippen LogP contribution in [0, 0.1) is 6.92 Å². The van der Waals surface area contributed by atoms with Crippen molar-refractivity contribution in [1.29, 1.82) is 0 Å². The fourth-order valence-corrected chi connectivity index (χ4v) is 2.81. The SMILES string of the molecule is Cc1ccc(-c2nc(C(=O)OC(C)C(=O)NC3CC3)cs2)cc1. The molecule has 0 bridgehead atoms. The highest BCUT2D eigenvalue weighted by Gasteiger charge is 2.27. The highest BCUT2D eigenvalue weighted by atomic mass is 32.1. The van der Waals surface area contributed by atoms with Gasteiger partial charge < -0.3 is 10.1 Å². The summed E-state index contributed by atoms with van der Waals surface area (Å²) in [4.78, 5) is 28.2. The summed E-state index contributed by atoms with van der Waals surface area (Å²) in [5.74, 6) is -0.826. The minimum absolute atomic E-state index is 0.233. The van der Waals surface area contributed by atoms with Crippen molar-refractivity contribution in [2.45, 2.75) is 38.8 Å². The number of thiazole rings is 1. The van der Waals surface area contributed by atoms with Crippen molar-refractivity contribution in [1.82, 2.24) is 10.3 Å². The van der Waals surface area contributed by atoms with Crippen molar-refractivity contribution in [3.63, 3.8) is 0 Å². The zero-order valence-corrected chi connectivity index (χ0v) is 13.9. The van der Waals surface area contributed by atoms with Gasteiger partial charge in [0.2, 0.25) is 0 Å². The molecule has 1 atom stereocenters. The van der Waals surface area contributed by atoms with Gasteiger partial charge in [-0.2, -0.15) is 0 Å². The number of esters is 1. The summed E-state index contributed by atoms with van der Waals surface area (Å²) in [6.07, 6.45) is 1.18. The lowest BCUT2D eigenvalue weighted by molar-refractivity contribution is -0.129. The van der Waals surface area contributed by atoms with Crippen LogP contribution in [0.3, 0.4) is 0 Å². The maximum absolute atomic E-state index is 12.1. The second-order valence-corrected chi connectivity index (χ2v) is 6.59. The predicted octanol–water partition coefficient (Wildman–Crippen LogP) is 2.94. The van der Waals surface area contributed by atoms with Crippen molar-refractivity contribution < 1.29 is 14.3 Å². The molecule has 3 rings (SSSR count). The molecule has 1 N–H and O–H groups in total. The molecule has 6 heteroatoms. The molecule has 5 nitrogen and oxygen atoms in total. The molecule has 0 spiro atoms. The fourth-order valence-electron chi connectivity index (χ4n) is 2.02. The van der Waals surface area contributed by atoms with E-state index in [4.69, 9.17) is 4.74 Å². The van der Waals surface area contributed by atoms with Gasteiger partial charge in [0.15, 0.2) is 11.8 Å². The Labute approximate surface area is 138 Å². The molecule has 23 heavy (non-hydrogen) atoms. The first-order chi connectivity index (χ1) is 11.0. The van der Waals surface area contributed by atoms with Crippen LogP contribution in [-0.4, -0.2) is 29.0 Å². The summed E-state index contributed by atoms with van der Waals surface area (Å²) < 4.78 is 5.19. The lowest BCUT2D eigenvalue weighted by Crippen LogP contribution is -2.37. The Kier molecular flexibility index (Phi) is 4.43. The van der Waals surface area contributed by atoms with Crippen molar-refractivity contribution in [3.8, 4) is 10.6 Å². The van der Waals surface area contributed by atoms with E-state index in [9.17, 15) is 9.59 Å². The molecule has 1 saturated carbocycles. The Hall–Kier alpha value is -2.21. The number of benzene rings is 1. The molecule has 1 amide bonds. The molecule has 1 aliphatic carbocycles. The number of aryl methyl sites for hydroxylation is 1. The molecule has 1 unspecified atom stereocenters. The topological polar surface area (TPSA) is 68.3 Å². The first-order valence-corrected chi connectivity index (χ1v) is 8.45. The molecule has 2 aromatic rings. The summed E-state index contributed by atoms with van der Waals surface area (Å²) >= 11 is 1.38. The molecular formula is C17H18N2O3S. The molecule has 0 aliphatic heterocycles. The summed E-state index contributed by atoms with van der Waals surface area (Å²) in [6.45, 7) is 3.59. The predicted molar refractivity (Wildman–Crippen MR) is 88.3 cm³/mol. The molecule has 1 heterocycles. The van der Waals surface area contributed by atoms with E-state index in [1.165, 1.54) is 16.9 Å². The fraction of sp³-hybridized carbons (Fsp3) is 0.353. The van der Waals surface area contributed by atoms with Crippen molar-refractivity contribution >= 4 is 23.2 Å². The van der Waals surface area contributed by atoms with E-state index >= 15 is 0 Å². The van der Waals surface area contributed by atoms with Gasteiger partial charge in [0, 0.05) is 17.0 Å². The van der Waals surface area contributed by atoms with Gasteiger partial charge in [-0.05, 0) is 26.7 Å². The van der Waals surface area contributed by atoms with Gasteiger partial charge in [-0.25, -0.2) is 9.78 Å². The minimum atomic E-state index is -0.812. The number of hydrogen-bond acceptors (Lipinski definition) is 5. The molecule has 0 radical (unpaired) electrons. The van der Waals surface area contributed by atoms with Crippen molar-refractivity contribution in [3.05, 3.63) is 40.9 Å². The Balaban J connectivity index is 1.63. The normalized spacial score (nSPS) is 15.0. The van der Waals surface area contributed by atoms with Crippen LogP contribution in [-0.2, 0) is 9.53 Å². The molecule has 1 aromatic carbocycles. The Bertz CT molecular complexity index is 720. The van der Waals surface area contributed by atoms with E-state index < -0.39 is 12.1 Å². The van der Waals surface area contributed by atoms with Crippen molar-refractivity contribution in [2.24, 2.45) is 0 Å². The maximum atomic E-state index is 12.1. The quantitative estimate of drug-likeness (QED) is 0.856. The van der Waals surface area contributed by atoms with Gasteiger partial charge in [-0.3, -0.25) is 4.79 Å². The maximum Gasteiger partial charge on any atom is 0.358 e. The minimum Gasteiger partial charge on any atom is -0.448 e. The van der Waals surface area contributed by atoms with Gasteiger partial charge in [0.25, 0.3) is 5.91 Å². The van der Waals surface area contributed by atoms with Gasteiger partial charge in [0.05, 0.1) is 0 Å². The number of aromatic nitrogens is 1. The van der Waals surface area contributed by atoms with E-state index in [0.29, 0.717) is 0 Å². The smallest absolute Gasteiger partial charge is 0.358 e. The van der Waals surface area contributed by atoms with Gasteiger partial charge in [-0.1, -0.05) is 29.8 Å². The van der Waals surface area contributed by atoms with E-state index in [-0.39, 0.29) is 17.6 Å². The van der Waals surface area contributed by atoms with E-state index in [1.807, 2.05) is 31.2 Å². The third-order valence-corrected chi connectivity index (χ3v) is 4.48. The van der Waals surface area contributed by atoms with Crippen molar-refractivity contribution in [2.75, 3.05) is 0 Å². The second kappa shape index (κ2) is 6.50. The van der Waals surface area contributed by atoms with Gasteiger partial charge >= 0.3 is 5.97 Å². The highest BCUT2D eigenvalue weighted by molar-refractivity contribution is 7.13. The van der Waals surface area contributed by atoms with E-state index in [2.05, 4.69) is 10.3 Å². The number of nitrogens with one attached hydrogen (secondary N) is 1. The standard InChI is InChI=1S/C17H18N2O3S/c1-10-3-5-12(6-4-10)16-19-14(9-23-16)17(21)22-11(2)15(20)18-13-7-8-13/h3-6,9,11,13H,7-8H2,1-2H3,(H,18,20). The summed E-state index contributed by atoms with van der Waals surface area (Å²) in [6, 6.07) is 8.18. The summed E-state index contributed by atoms with van der Waals surface area (Å²) in [7, 11) is 0. The van der Waals surface area contributed by atoms with Crippen LogP contribution < -0.4 is 5.32 Å². The number of hydrogen-bond donors (Lipinski definition) is 1. The lowest BCUT2D eigenvalue weighted by atomic mass is 10.2.